The minimum Gasteiger partial charge on any atom is -0.383 e. The molecule has 1 atom stereocenters. The van der Waals surface area contributed by atoms with Crippen LogP contribution < -0.4 is 5.73 Å². The van der Waals surface area contributed by atoms with Crippen molar-refractivity contribution >= 4 is 17.2 Å². The number of rotatable bonds is 2. The van der Waals surface area contributed by atoms with Crippen LogP contribution in [0.15, 0.2) is 24.4 Å². The first-order chi connectivity index (χ1) is 7.59. The van der Waals surface area contributed by atoms with E-state index >= 15 is 0 Å². The normalized spacial score (nSPS) is 12.7. The first kappa shape index (κ1) is 11.1. The van der Waals surface area contributed by atoms with Crippen LogP contribution in [0.4, 0.5) is 5.82 Å². The van der Waals surface area contributed by atoms with Crippen molar-refractivity contribution in [2.24, 2.45) is 0 Å². The first-order valence-corrected chi connectivity index (χ1v) is 5.86. The third kappa shape index (κ3) is 1.94. The molecule has 0 radical (unpaired) electrons. The summed E-state index contributed by atoms with van der Waals surface area (Å²) in [7, 11) is 0. The number of aromatic nitrogens is 1. The maximum atomic E-state index is 10.3. The molecule has 0 spiro atoms. The highest BCUT2D eigenvalue weighted by Crippen LogP contribution is 2.31. The molecule has 2 aromatic heterocycles. The molecule has 0 bridgehead atoms. The number of aliphatic hydroxyl groups is 1. The SMILES string of the molecule is Cc1cc(C(O)c2cccnc2N)c(C)s1. The summed E-state index contributed by atoms with van der Waals surface area (Å²) in [5.74, 6) is 0.387. The first-order valence-electron chi connectivity index (χ1n) is 5.05. The number of hydrogen-bond acceptors (Lipinski definition) is 4. The monoisotopic (exact) mass is 234 g/mol. The molecule has 0 aliphatic rings. The molecule has 0 aromatic carbocycles. The highest BCUT2D eigenvalue weighted by Gasteiger charge is 2.17. The van der Waals surface area contributed by atoms with Crippen molar-refractivity contribution in [1.29, 1.82) is 0 Å². The molecule has 1 unspecified atom stereocenters. The summed E-state index contributed by atoms with van der Waals surface area (Å²) in [6.45, 7) is 4.03. The third-order valence-electron chi connectivity index (χ3n) is 2.54. The fourth-order valence-electron chi connectivity index (χ4n) is 1.75. The van der Waals surface area contributed by atoms with Crippen LogP contribution in [0, 0.1) is 13.8 Å². The van der Waals surface area contributed by atoms with Crippen molar-refractivity contribution in [3.63, 3.8) is 0 Å². The molecule has 16 heavy (non-hydrogen) atoms. The number of thiophene rings is 1. The quantitative estimate of drug-likeness (QED) is 0.839. The van der Waals surface area contributed by atoms with E-state index in [-0.39, 0.29) is 0 Å². The second-order valence-corrected chi connectivity index (χ2v) is 5.21. The molecule has 2 aromatic rings. The lowest BCUT2D eigenvalue weighted by atomic mass is 10.0. The Balaban J connectivity index is 2.43. The van der Waals surface area contributed by atoms with Crippen molar-refractivity contribution in [2.75, 3.05) is 5.73 Å². The predicted molar refractivity (Wildman–Crippen MR) is 66.5 cm³/mol. The van der Waals surface area contributed by atoms with Gasteiger partial charge in [0, 0.05) is 21.5 Å². The Morgan fingerprint density at radius 3 is 2.69 bits per heavy atom. The number of anilines is 1. The summed E-state index contributed by atoms with van der Waals surface area (Å²) < 4.78 is 0. The average molecular weight is 234 g/mol. The Hall–Kier alpha value is -1.39. The highest BCUT2D eigenvalue weighted by molar-refractivity contribution is 7.12. The van der Waals surface area contributed by atoms with E-state index in [1.54, 1.807) is 29.7 Å². The van der Waals surface area contributed by atoms with E-state index in [9.17, 15) is 5.11 Å². The molecule has 3 N–H and O–H groups in total. The van der Waals surface area contributed by atoms with Crippen molar-refractivity contribution in [2.45, 2.75) is 20.0 Å². The predicted octanol–water partition coefficient (Wildman–Crippen LogP) is 2.42. The van der Waals surface area contributed by atoms with Gasteiger partial charge in [0.05, 0.1) is 0 Å². The van der Waals surface area contributed by atoms with Crippen LogP contribution in [0.25, 0.3) is 0 Å². The maximum Gasteiger partial charge on any atom is 0.129 e. The number of pyridine rings is 1. The van der Waals surface area contributed by atoms with Gasteiger partial charge in [-0.1, -0.05) is 6.07 Å². The summed E-state index contributed by atoms with van der Waals surface area (Å²) in [5.41, 5.74) is 7.34. The zero-order chi connectivity index (χ0) is 11.7. The average Bonchev–Trinajstić information content (AvgIpc) is 2.58. The second kappa shape index (κ2) is 4.23. The van der Waals surface area contributed by atoms with Gasteiger partial charge in [-0.15, -0.1) is 11.3 Å². The molecular formula is C12H14N2OS. The molecule has 0 fully saturated rings. The number of aliphatic hydroxyl groups excluding tert-OH is 1. The Morgan fingerprint density at radius 1 is 1.38 bits per heavy atom. The number of nitrogen functional groups attached to an aromatic ring is 1. The topological polar surface area (TPSA) is 59.1 Å². The number of aryl methyl sites for hydroxylation is 2. The summed E-state index contributed by atoms with van der Waals surface area (Å²) in [4.78, 5) is 6.29. The van der Waals surface area contributed by atoms with E-state index in [2.05, 4.69) is 4.98 Å². The molecule has 0 saturated heterocycles. The van der Waals surface area contributed by atoms with Crippen LogP contribution in [-0.4, -0.2) is 10.1 Å². The van der Waals surface area contributed by atoms with Crippen LogP contribution in [0.3, 0.4) is 0 Å². The van der Waals surface area contributed by atoms with Crippen LogP contribution >= 0.6 is 11.3 Å². The molecule has 0 aliphatic heterocycles. The standard InChI is InChI=1S/C12H14N2OS/c1-7-6-10(8(2)16-7)11(15)9-4-3-5-14-12(9)13/h3-6,11,15H,1-2H3,(H2,13,14). The van der Waals surface area contributed by atoms with Crippen LogP contribution in [0.5, 0.6) is 0 Å². The molecule has 2 heterocycles. The Morgan fingerprint density at radius 2 is 2.12 bits per heavy atom. The van der Waals surface area contributed by atoms with Gasteiger partial charge in [-0.3, -0.25) is 0 Å². The van der Waals surface area contributed by atoms with E-state index in [1.165, 1.54) is 4.88 Å². The van der Waals surface area contributed by atoms with Gasteiger partial charge in [-0.05, 0) is 31.5 Å². The van der Waals surface area contributed by atoms with Crippen molar-refractivity contribution in [3.05, 3.63) is 45.3 Å². The van der Waals surface area contributed by atoms with Crippen LogP contribution in [0.1, 0.15) is 27.0 Å². The van der Waals surface area contributed by atoms with E-state index in [4.69, 9.17) is 5.73 Å². The molecule has 0 saturated carbocycles. The third-order valence-corrected chi connectivity index (χ3v) is 3.52. The number of hydrogen-bond donors (Lipinski definition) is 2. The molecule has 4 heteroatoms. The van der Waals surface area contributed by atoms with E-state index in [0.29, 0.717) is 11.4 Å². The minimum absolute atomic E-state index is 0.387. The molecular weight excluding hydrogens is 220 g/mol. The van der Waals surface area contributed by atoms with Gasteiger partial charge in [-0.25, -0.2) is 4.98 Å². The van der Waals surface area contributed by atoms with E-state index in [0.717, 1.165) is 10.4 Å². The summed E-state index contributed by atoms with van der Waals surface area (Å²) >= 11 is 1.68. The van der Waals surface area contributed by atoms with Gasteiger partial charge in [0.2, 0.25) is 0 Å². The maximum absolute atomic E-state index is 10.3. The Bertz CT molecular complexity index is 507. The van der Waals surface area contributed by atoms with E-state index < -0.39 is 6.10 Å². The minimum atomic E-state index is -0.682. The Kier molecular flexibility index (Phi) is 2.94. The lowest BCUT2D eigenvalue weighted by Gasteiger charge is -2.12. The zero-order valence-electron chi connectivity index (χ0n) is 9.27. The molecule has 84 valence electrons. The van der Waals surface area contributed by atoms with Crippen molar-refractivity contribution < 1.29 is 5.11 Å². The lowest BCUT2D eigenvalue weighted by molar-refractivity contribution is 0.220. The smallest absolute Gasteiger partial charge is 0.129 e. The largest absolute Gasteiger partial charge is 0.383 e. The molecule has 2 rings (SSSR count). The fraction of sp³-hybridized carbons (Fsp3) is 0.250. The molecule has 3 nitrogen and oxygen atoms in total. The Labute approximate surface area is 98.6 Å². The second-order valence-electron chi connectivity index (χ2n) is 3.75. The highest BCUT2D eigenvalue weighted by atomic mass is 32.1. The van der Waals surface area contributed by atoms with Crippen LogP contribution in [0.2, 0.25) is 0 Å². The van der Waals surface area contributed by atoms with Gasteiger partial charge in [0.25, 0.3) is 0 Å². The van der Waals surface area contributed by atoms with Gasteiger partial charge in [0.15, 0.2) is 0 Å². The van der Waals surface area contributed by atoms with Gasteiger partial charge >= 0.3 is 0 Å². The van der Waals surface area contributed by atoms with Gasteiger partial charge in [0.1, 0.15) is 11.9 Å². The summed E-state index contributed by atoms with van der Waals surface area (Å²) in [6.07, 6.45) is 0.940. The number of nitrogens with zero attached hydrogens (tertiary/aromatic N) is 1. The molecule has 0 amide bonds. The van der Waals surface area contributed by atoms with Crippen LogP contribution in [-0.2, 0) is 0 Å². The lowest BCUT2D eigenvalue weighted by Crippen LogP contribution is -2.05. The van der Waals surface area contributed by atoms with Gasteiger partial charge < -0.3 is 10.8 Å². The fourth-order valence-corrected chi connectivity index (χ4v) is 2.71. The summed E-state index contributed by atoms with van der Waals surface area (Å²) in [6, 6.07) is 5.58. The summed E-state index contributed by atoms with van der Waals surface area (Å²) in [5, 5.41) is 10.3. The van der Waals surface area contributed by atoms with Crippen molar-refractivity contribution in [1.82, 2.24) is 4.98 Å². The van der Waals surface area contributed by atoms with Gasteiger partial charge in [-0.2, -0.15) is 0 Å². The van der Waals surface area contributed by atoms with E-state index in [1.807, 2.05) is 19.9 Å². The van der Waals surface area contributed by atoms with Crippen molar-refractivity contribution in [3.8, 4) is 0 Å². The number of nitrogens with two attached hydrogens (primary N) is 1. The molecule has 0 aliphatic carbocycles. The zero-order valence-corrected chi connectivity index (χ0v) is 10.1.